The molecule has 14 heavy (non-hydrogen) atoms. The second-order valence-corrected chi connectivity index (χ2v) is 5.12. The van der Waals surface area contributed by atoms with Crippen LogP contribution < -0.4 is 11.1 Å². The molecule has 0 heterocycles. The molecule has 0 aliphatic heterocycles. The van der Waals surface area contributed by atoms with E-state index in [1.54, 1.807) is 0 Å². The van der Waals surface area contributed by atoms with E-state index >= 15 is 0 Å². The summed E-state index contributed by atoms with van der Waals surface area (Å²) in [6, 6.07) is 0. The van der Waals surface area contributed by atoms with Gasteiger partial charge in [-0.1, -0.05) is 34.6 Å². The molecule has 1 amide bonds. The summed E-state index contributed by atoms with van der Waals surface area (Å²) < 4.78 is 0. The molecule has 0 rings (SSSR count). The van der Waals surface area contributed by atoms with Crippen molar-refractivity contribution in [3.63, 3.8) is 0 Å². The van der Waals surface area contributed by atoms with E-state index in [0.717, 1.165) is 0 Å². The second kappa shape index (κ2) is 5.35. The van der Waals surface area contributed by atoms with Gasteiger partial charge >= 0.3 is 0 Å². The molecular formula is C11H24N2O. The Balaban J connectivity index is 3.97. The van der Waals surface area contributed by atoms with Crippen molar-refractivity contribution in [3.05, 3.63) is 0 Å². The van der Waals surface area contributed by atoms with Crippen LogP contribution in [0.25, 0.3) is 0 Å². The molecule has 0 fully saturated rings. The molecule has 1 atom stereocenters. The molecule has 3 heteroatoms. The van der Waals surface area contributed by atoms with Crippen LogP contribution in [0.1, 0.15) is 34.6 Å². The summed E-state index contributed by atoms with van der Waals surface area (Å²) >= 11 is 0. The monoisotopic (exact) mass is 200 g/mol. The van der Waals surface area contributed by atoms with Gasteiger partial charge in [0.1, 0.15) is 0 Å². The number of carbonyl (C=O) groups is 1. The minimum atomic E-state index is -0.00758. The van der Waals surface area contributed by atoms with Crippen LogP contribution in [-0.4, -0.2) is 19.0 Å². The van der Waals surface area contributed by atoms with E-state index in [1.165, 1.54) is 0 Å². The van der Waals surface area contributed by atoms with Gasteiger partial charge in [-0.05, 0) is 17.9 Å². The Hall–Kier alpha value is -0.570. The highest BCUT2D eigenvalue weighted by molar-refractivity contribution is 5.78. The molecule has 0 aliphatic rings. The third kappa shape index (κ3) is 4.61. The molecule has 0 aromatic carbocycles. The first kappa shape index (κ1) is 13.4. The van der Waals surface area contributed by atoms with E-state index in [2.05, 4.69) is 19.2 Å². The lowest BCUT2D eigenvalue weighted by atomic mass is 9.92. The lowest BCUT2D eigenvalue weighted by Gasteiger charge is -2.24. The zero-order valence-corrected chi connectivity index (χ0v) is 10.1. The fourth-order valence-corrected chi connectivity index (χ4v) is 0.862. The van der Waals surface area contributed by atoms with Crippen molar-refractivity contribution in [1.29, 1.82) is 0 Å². The molecule has 0 bridgehead atoms. The molecule has 3 nitrogen and oxygen atoms in total. The Morgan fingerprint density at radius 2 is 1.86 bits per heavy atom. The summed E-state index contributed by atoms with van der Waals surface area (Å²) in [5, 5.41) is 2.94. The molecule has 0 aromatic rings. The van der Waals surface area contributed by atoms with Crippen LogP contribution in [0.5, 0.6) is 0 Å². The number of hydrogen-bond acceptors (Lipinski definition) is 2. The van der Waals surface area contributed by atoms with Crippen LogP contribution in [0.3, 0.4) is 0 Å². The Labute approximate surface area is 87.4 Å². The molecule has 0 saturated heterocycles. The predicted octanol–water partition coefficient (Wildman–Crippen LogP) is 1.38. The second-order valence-electron chi connectivity index (χ2n) is 5.12. The van der Waals surface area contributed by atoms with Gasteiger partial charge in [-0.25, -0.2) is 0 Å². The molecule has 0 spiro atoms. The minimum absolute atomic E-state index is 0.00758. The van der Waals surface area contributed by atoms with Gasteiger partial charge in [-0.15, -0.1) is 0 Å². The van der Waals surface area contributed by atoms with E-state index in [4.69, 9.17) is 5.73 Å². The van der Waals surface area contributed by atoms with Crippen molar-refractivity contribution in [3.8, 4) is 0 Å². The van der Waals surface area contributed by atoms with Gasteiger partial charge < -0.3 is 11.1 Å². The average molecular weight is 200 g/mol. The summed E-state index contributed by atoms with van der Waals surface area (Å²) in [7, 11) is 0. The van der Waals surface area contributed by atoms with Crippen LogP contribution in [0.15, 0.2) is 0 Å². The first-order valence-electron chi connectivity index (χ1n) is 5.28. The zero-order chi connectivity index (χ0) is 11.4. The fourth-order valence-electron chi connectivity index (χ4n) is 0.862. The topological polar surface area (TPSA) is 55.1 Å². The van der Waals surface area contributed by atoms with Gasteiger partial charge in [0.2, 0.25) is 5.91 Å². The summed E-state index contributed by atoms with van der Waals surface area (Å²) in [5.74, 6) is 0.584. The van der Waals surface area contributed by atoms with Crippen LogP contribution >= 0.6 is 0 Å². The van der Waals surface area contributed by atoms with Gasteiger partial charge in [0, 0.05) is 12.5 Å². The standard InChI is InChI=1S/C11H24N2O/c1-8(2)9(3)10(14)13-7-11(4,5)6-12/h8-9H,6-7,12H2,1-5H3,(H,13,14). The van der Waals surface area contributed by atoms with Crippen molar-refractivity contribution in [2.24, 2.45) is 23.0 Å². The minimum Gasteiger partial charge on any atom is -0.355 e. The Morgan fingerprint density at radius 3 is 2.21 bits per heavy atom. The van der Waals surface area contributed by atoms with Crippen molar-refractivity contribution in [1.82, 2.24) is 5.32 Å². The van der Waals surface area contributed by atoms with E-state index in [1.807, 2.05) is 20.8 Å². The first-order chi connectivity index (χ1) is 6.30. The third-order valence-corrected chi connectivity index (χ3v) is 2.71. The molecular weight excluding hydrogens is 176 g/mol. The molecule has 3 N–H and O–H groups in total. The highest BCUT2D eigenvalue weighted by Crippen LogP contribution is 2.13. The number of carbonyl (C=O) groups excluding carboxylic acids is 1. The molecule has 0 aliphatic carbocycles. The summed E-state index contributed by atoms with van der Waals surface area (Å²) in [6.45, 7) is 11.4. The number of nitrogens with two attached hydrogens (primary N) is 1. The highest BCUT2D eigenvalue weighted by atomic mass is 16.1. The Bertz CT molecular complexity index is 188. The largest absolute Gasteiger partial charge is 0.355 e. The van der Waals surface area contributed by atoms with Crippen LogP contribution in [0, 0.1) is 17.3 Å². The zero-order valence-electron chi connectivity index (χ0n) is 10.1. The van der Waals surface area contributed by atoms with Gasteiger partial charge in [0.05, 0.1) is 0 Å². The number of hydrogen-bond donors (Lipinski definition) is 2. The SMILES string of the molecule is CC(C)C(C)C(=O)NCC(C)(C)CN. The Morgan fingerprint density at radius 1 is 1.36 bits per heavy atom. The molecule has 0 radical (unpaired) electrons. The summed E-state index contributed by atoms with van der Waals surface area (Å²) in [6.07, 6.45) is 0. The average Bonchev–Trinajstić information content (AvgIpc) is 2.13. The van der Waals surface area contributed by atoms with Crippen molar-refractivity contribution >= 4 is 5.91 Å². The van der Waals surface area contributed by atoms with Crippen LogP contribution in [0.2, 0.25) is 0 Å². The van der Waals surface area contributed by atoms with E-state index < -0.39 is 0 Å². The van der Waals surface area contributed by atoms with E-state index in [-0.39, 0.29) is 17.2 Å². The molecule has 1 unspecified atom stereocenters. The first-order valence-corrected chi connectivity index (χ1v) is 5.28. The third-order valence-electron chi connectivity index (χ3n) is 2.71. The van der Waals surface area contributed by atoms with Crippen LogP contribution in [0.4, 0.5) is 0 Å². The van der Waals surface area contributed by atoms with Crippen LogP contribution in [-0.2, 0) is 4.79 Å². The van der Waals surface area contributed by atoms with Gasteiger partial charge in [-0.3, -0.25) is 4.79 Å². The fraction of sp³-hybridized carbons (Fsp3) is 0.909. The maximum Gasteiger partial charge on any atom is 0.223 e. The molecule has 0 aromatic heterocycles. The lowest BCUT2D eigenvalue weighted by molar-refractivity contribution is -0.126. The molecule has 0 saturated carbocycles. The van der Waals surface area contributed by atoms with E-state index in [0.29, 0.717) is 19.0 Å². The Kier molecular flexibility index (Phi) is 5.13. The molecule has 84 valence electrons. The van der Waals surface area contributed by atoms with Gasteiger partial charge in [0.15, 0.2) is 0 Å². The number of rotatable bonds is 5. The number of nitrogens with one attached hydrogen (secondary N) is 1. The van der Waals surface area contributed by atoms with Gasteiger partial charge in [-0.2, -0.15) is 0 Å². The van der Waals surface area contributed by atoms with Crippen molar-refractivity contribution in [2.75, 3.05) is 13.1 Å². The normalized spacial score (nSPS) is 14.2. The maximum absolute atomic E-state index is 11.6. The van der Waals surface area contributed by atoms with E-state index in [9.17, 15) is 4.79 Å². The van der Waals surface area contributed by atoms with Crippen molar-refractivity contribution in [2.45, 2.75) is 34.6 Å². The smallest absolute Gasteiger partial charge is 0.223 e. The maximum atomic E-state index is 11.6. The lowest BCUT2D eigenvalue weighted by Crippen LogP contribution is -2.41. The summed E-state index contributed by atoms with van der Waals surface area (Å²) in [5.41, 5.74) is 5.57. The van der Waals surface area contributed by atoms with Crippen molar-refractivity contribution < 1.29 is 4.79 Å². The summed E-state index contributed by atoms with van der Waals surface area (Å²) in [4.78, 5) is 11.6. The van der Waals surface area contributed by atoms with Gasteiger partial charge in [0.25, 0.3) is 0 Å². The quantitative estimate of drug-likeness (QED) is 0.704. The number of amides is 1. The highest BCUT2D eigenvalue weighted by Gasteiger charge is 2.20. The predicted molar refractivity (Wildman–Crippen MR) is 59.8 cm³/mol.